The van der Waals surface area contributed by atoms with Crippen molar-refractivity contribution in [3.63, 3.8) is 0 Å². The molecular formula is C13H22N2O. The molecule has 1 heterocycles. The largest absolute Gasteiger partial charge is 0.387 e. The summed E-state index contributed by atoms with van der Waals surface area (Å²) >= 11 is 0. The van der Waals surface area contributed by atoms with E-state index in [4.69, 9.17) is 0 Å². The summed E-state index contributed by atoms with van der Waals surface area (Å²) < 4.78 is 1.89. The summed E-state index contributed by atoms with van der Waals surface area (Å²) in [5, 5.41) is 14.5. The van der Waals surface area contributed by atoms with Gasteiger partial charge in [0.15, 0.2) is 0 Å². The molecule has 0 aromatic carbocycles. The summed E-state index contributed by atoms with van der Waals surface area (Å²) in [6, 6.07) is 2.01. The zero-order valence-electron chi connectivity index (χ0n) is 10.5. The van der Waals surface area contributed by atoms with E-state index in [9.17, 15) is 5.11 Å². The molecule has 0 saturated heterocycles. The van der Waals surface area contributed by atoms with Gasteiger partial charge in [-0.1, -0.05) is 12.5 Å². The number of rotatable bonds is 6. The highest BCUT2D eigenvalue weighted by Gasteiger charge is 2.14. The fourth-order valence-corrected chi connectivity index (χ4v) is 1.71. The van der Waals surface area contributed by atoms with Gasteiger partial charge in [-0.3, -0.25) is 4.68 Å². The minimum Gasteiger partial charge on any atom is -0.387 e. The summed E-state index contributed by atoms with van der Waals surface area (Å²) in [4.78, 5) is 0. The van der Waals surface area contributed by atoms with E-state index < -0.39 is 6.10 Å². The summed E-state index contributed by atoms with van der Waals surface area (Å²) in [5.41, 5.74) is 3.09. The van der Waals surface area contributed by atoms with Crippen molar-refractivity contribution < 1.29 is 5.11 Å². The number of aliphatic hydroxyl groups excluding tert-OH is 1. The number of hydrogen-bond acceptors (Lipinski definition) is 2. The molecule has 0 saturated carbocycles. The Kier molecular flexibility index (Phi) is 4.74. The molecule has 90 valence electrons. The van der Waals surface area contributed by atoms with Crippen molar-refractivity contribution in [2.45, 2.75) is 52.7 Å². The molecule has 1 N–H and O–H groups in total. The van der Waals surface area contributed by atoms with Gasteiger partial charge in [-0.05, 0) is 39.2 Å². The molecule has 1 aromatic heterocycles. The van der Waals surface area contributed by atoms with Gasteiger partial charge in [0, 0.05) is 6.54 Å². The number of aliphatic hydroxyl groups is 1. The van der Waals surface area contributed by atoms with E-state index in [-0.39, 0.29) is 0 Å². The SMILES string of the molecule is C=C(C)CCC(O)c1cc(CC)nn1CC. The van der Waals surface area contributed by atoms with Gasteiger partial charge >= 0.3 is 0 Å². The number of nitrogens with zero attached hydrogens (tertiary/aromatic N) is 2. The fourth-order valence-electron chi connectivity index (χ4n) is 1.71. The average Bonchev–Trinajstić information content (AvgIpc) is 2.68. The van der Waals surface area contributed by atoms with Crippen LogP contribution in [0.2, 0.25) is 0 Å². The first-order chi connectivity index (χ1) is 7.58. The molecule has 0 aliphatic carbocycles. The van der Waals surface area contributed by atoms with Crippen molar-refractivity contribution in [1.82, 2.24) is 9.78 Å². The maximum atomic E-state index is 10.1. The van der Waals surface area contributed by atoms with E-state index in [1.54, 1.807) is 0 Å². The first kappa shape index (κ1) is 13.0. The monoisotopic (exact) mass is 222 g/mol. The third kappa shape index (κ3) is 3.20. The van der Waals surface area contributed by atoms with Crippen molar-refractivity contribution in [2.75, 3.05) is 0 Å². The molecule has 0 spiro atoms. The van der Waals surface area contributed by atoms with Gasteiger partial charge in [0.1, 0.15) is 0 Å². The molecule has 16 heavy (non-hydrogen) atoms. The Bertz CT molecular complexity index is 355. The average molecular weight is 222 g/mol. The van der Waals surface area contributed by atoms with Crippen molar-refractivity contribution >= 4 is 0 Å². The molecule has 1 atom stereocenters. The van der Waals surface area contributed by atoms with Crippen molar-refractivity contribution in [3.05, 3.63) is 29.6 Å². The zero-order chi connectivity index (χ0) is 12.1. The highest BCUT2D eigenvalue weighted by Crippen LogP contribution is 2.21. The smallest absolute Gasteiger partial charge is 0.0959 e. The number of allylic oxidation sites excluding steroid dienone is 1. The third-order valence-electron chi connectivity index (χ3n) is 2.71. The Morgan fingerprint density at radius 2 is 2.25 bits per heavy atom. The van der Waals surface area contributed by atoms with E-state index in [0.29, 0.717) is 0 Å². The number of aromatic nitrogens is 2. The summed E-state index contributed by atoms with van der Waals surface area (Å²) in [5.74, 6) is 0. The Morgan fingerprint density at radius 3 is 2.75 bits per heavy atom. The van der Waals surface area contributed by atoms with E-state index in [0.717, 1.165) is 42.8 Å². The molecule has 0 aliphatic rings. The second kappa shape index (κ2) is 5.85. The number of hydrogen-bond donors (Lipinski definition) is 1. The van der Waals surface area contributed by atoms with Crippen molar-refractivity contribution in [2.24, 2.45) is 0 Å². The molecule has 0 amide bonds. The second-order valence-corrected chi connectivity index (χ2v) is 4.24. The van der Waals surface area contributed by atoms with Crippen LogP contribution in [0.1, 0.15) is 51.1 Å². The summed E-state index contributed by atoms with van der Waals surface area (Å²) in [7, 11) is 0. The molecule has 3 heteroatoms. The molecule has 0 bridgehead atoms. The minimum absolute atomic E-state index is 0.426. The standard InChI is InChI=1S/C13H22N2O/c1-5-11-9-12(15(6-2)14-11)13(16)8-7-10(3)4/h9,13,16H,3,5-8H2,1-2,4H3. The van der Waals surface area contributed by atoms with Crippen molar-refractivity contribution in [1.29, 1.82) is 0 Å². The normalized spacial score (nSPS) is 12.8. The van der Waals surface area contributed by atoms with Crippen LogP contribution in [0, 0.1) is 0 Å². The van der Waals surface area contributed by atoms with E-state index >= 15 is 0 Å². The van der Waals surface area contributed by atoms with Gasteiger partial charge in [-0.2, -0.15) is 5.10 Å². The van der Waals surface area contributed by atoms with Crippen LogP contribution in [0.25, 0.3) is 0 Å². The zero-order valence-corrected chi connectivity index (χ0v) is 10.5. The van der Waals surface area contributed by atoms with Crippen LogP contribution in [0.3, 0.4) is 0 Å². The third-order valence-corrected chi connectivity index (χ3v) is 2.71. The maximum Gasteiger partial charge on any atom is 0.0959 e. The fraction of sp³-hybridized carbons (Fsp3) is 0.615. The molecule has 1 rings (SSSR count). The molecule has 0 radical (unpaired) electrons. The molecule has 3 nitrogen and oxygen atoms in total. The second-order valence-electron chi connectivity index (χ2n) is 4.24. The van der Waals surface area contributed by atoms with Gasteiger partial charge < -0.3 is 5.11 Å². The van der Waals surface area contributed by atoms with Gasteiger partial charge in [0.25, 0.3) is 0 Å². The minimum atomic E-state index is -0.426. The molecular weight excluding hydrogens is 200 g/mol. The van der Waals surface area contributed by atoms with Gasteiger partial charge in [-0.25, -0.2) is 0 Å². The lowest BCUT2D eigenvalue weighted by molar-refractivity contribution is 0.157. The van der Waals surface area contributed by atoms with E-state index in [2.05, 4.69) is 18.6 Å². The van der Waals surface area contributed by atoms with Gasteiger partial charge in [0.05, 0.1) is 17.5 Å². The molecule has 1 unspecified atom stereocenters. The quantitative estimate of drug-likeness (QED) is 0.752. The number of aryl methyl sites for hydroxylation is 2. The van der Waals surface area contributed by atoms with Crippen molar-refractivity contribution in [3.8, 4) is 0 Å². The molecule has 0 fully saturated rings. The lowest BCUT2D eigenvalue weighted by Gasteiger charge is -2.11. The summed E-state index contributed by atoms with van der Waals surface area (Å²) in [6.45, 7) is 10.8. The predicted octanol–water partition coefficient (Wildman–Crippen LogP) is 2.86. The van der Waals surface area contributed by atoms with Crippen LogP contribution in [0.4, 0.5) is 0 Å². The Labute approximate surface area is 97.8 Å². The first-order valence-corrected chi connectivity index (χ1v) is 5.97. The molecule has 0 aliphatic heterocycles. The van der Waals surface area contributed by atoms with Gasteiger partial charge in [0.2, 0.25) is 0 Å². The lowest BCUT2D eigenvalue weighted by Crippen LogP contribution is -2.08. The lowest BCUT2D eigenvalue weighted by atomic mass is 10.1. The van der Waals surface area contributed by atoms with E-state index in [1.807, 2.05) is 24.6 Å². The van der Waals surface area contributed by atoms with E-state index in [1.165, 1.54) is 0 Å². The van der Waals surface area contributed by atoms with Gasteiger partial charge in [-0.15, -0.1) is 6.58 Å². The topological polar surface area (TPSA) is 38.1 Å². The first-order valence-electron chi connectivity index (χ1n) is 5.97. The van der Waals surface area contributed by atoms with Crippen LogP contribution in [0.15, 0.2) is 18.2 Å². The van der Waals surface area contributed by atoms with Crippen LogP contribution in [-0.2, 0) is 13.0 Å². The Balaban J connectivity index is 2.76. The summed E-state index contributed by atoms with van der Waals surface area (Å²) in [6.07, 6.45) is 2.07. The highest BCUT2D eigenvalue weighted by molar-refractivity contribution is 5.13. The van der Waals surface area contributed by atoms with Crippen LogP contribution >= 0.6 is 0 Å². The van der Waals surface area contributed by atoms with Crippen LogP contribution in [-0.4, -0.2) is 14.9 Å². The maximum absolute atomic E-state index is 10.1. The highest BCUT2D eigenvalue weighted by atomic mass is 16.3. The van der Waals surface area contributed by atoms with Crippen LogP contribution in [0.5, 0.6) is 0 Å². The molecule has 1 aromatic rings. The Morgan fingerprint density at radius 1 is 1.56 bits per heavy atom. The predicted molar refractivity (Wildman–Crippen MR) is 66.3 cm³/mol. The Hall–Kier alpha value is -1.09. The van der Waals surface area contributed by atoms with Crippen LogP contribution < -0.4 is 0 Å².